The number of ketones is 1. The molecule has 1 aliphatic heterocycles. The van der Waals surface area contributed by atoms with Gasteiger partial charge in [-0.3, -0.25) is 9.69 Å². The first-order valence-electron chi connectivity index (χ1n) is 5.28. The highest BCUT2D eigenvalue weighted by atomic mass is 16.4. The maximum Gasteiger partial charge on any atom is 0.407 e. The molecule has 0 bridgehead atoms. The van der Waals surface area contributed by atoms with Crippen molar-refractivity contribution in [3.63, 3.8) is 0 Å². The number of carbonyl (C=O) groups is 2. The van der Waals surface area contributed by atoms with Gasteiger partial charge in [0.25, 0.3) is 0 Å². The lowest BCUT2D eigenvalue weighted by atomic mass is 10.1. The highest BCUT2D eigenvalue weighted by Crippen LogP contribution is 2.08. The summed E-state index contributed by atoms with van der Waals surface area (Å²) in [5, 5.41) is 12.0. The number of hydrogen-bond acceptors (Lipinski definition) is 3. The molecule has 1 amide bonds. The Kier molecular flexibility index (Phi) is 4.08. The SMILES string of the molecule is CC(C)N(CC(=O)[C@H]1CCCN1)C(=O)O. The molecule has 1 aliphatic rings. The van der Waals surface area contributed by atoms with Gasteiger partial charge >= 0.3 is 6.09 Å². The van der Waals surface area contributed by atoms with Gasteiger partial charge in [0, 0.05) is 6.04 Å². The molecule has 0 aliphatic carbocycles. The van der Waals surface area contributed by atoms with Crippen LogP contribution in [0.25, 0.3) is 0 Å². The number of Topliss-reactive ketones (excluding diaryl/α,β-unsaturated/α-hetero) is 1. The highest BCUT2D eigenvalue weighted by molar-refractivity contribution is 5.88. The minimum Gasteiger partial charge on any atom is -0.465 e. The van der Waals surface area contributed by atoms with Gasteiger partial charge < -0.3 is 10.4 Å². The average Bonchev–Trinajstić information content (AvgIpc) is 2.65. The molecule has 0 spiro atoms. The van der Waals surface area contributed by atoms with E-state index >= 15 is 0 Å². The number of nitrogens with one attached hydrogen (secondary N) is 1. The van der Waals surface area contributed by atoms with Gasteiger partial charge in [-0.25, -0.2) is 4.79 Å². The summed E-state index contributed by atoms with van der Waals surface area (Å²) in [6.45, 7) is 4.38. The molecule has 0 unspecified atom stereocenters. The van der Waals surface area contributed by atoms with Crippen LogP contribution in [0.5, 0.6) is 0 Å². The molecule has 1 heterocycles. The number of carboxylic acid groups (broad SMARTS) is 1. The maximum absolute atomic E-state index is 11.7. The second-order valence-corrected chi connectivity index (χ2v) is 4.12. The topological polar surface area (TPSA) is 69.6 Å². The van der Waals surface area contributed by atoms with Gasteiger partial charge in [-0.2, -0.15) is 0 Å². The first-order valence-corrected chi connectivity index (χ1v) is 5.28. The van der Waals surface area contributed by atoms with Crippen molar-refractivity contribution in [2.24, 2.45) is 0 Å². The lowest BCUT2D eigenvalue weighted by molar-refractivity contribution is -0.121. The Balaban J connectivity index is 2.50. The van der Waals surface area contributed by atoms with E-state index in [2.05, 4.69) is 5.32 Å². The fourth-order valence-electron chi connectivity index (χ4n) is 1.71. The van der Waals surface area contributed by atoms with Crippen molar-refractivity contribution in [1.29, 1.82) is 0 Å². The van der Waals surface area contributed by atoms with Crippen molar-refractivity contribution in [2.75, 3.05) is 13.1 Å². The van der Waals surface area contributed by atoms with Crippen molar-refractivity contribution in [3.05, 3.63) is 0 Å². The summed E-state index contributed by atoms with van der Waals surface area (Å²) in [5.41, 5.74) is 0. The van der Waals surface area contributed by atoms with E-state index in [1.165, 1.54) is 4.90 Å². The Morgan fingerprint density at radius 2 is 2.20 bits per heavy atom. The van der Waals surface area contributed by atoms with Gasteiger partial charge in [0.15, 0.2) is 5.78 Å². The van der Waals surface area contributed by atoms with Gasteiger partial charge in [-0.1, -0.05) is 0 Å². The van der Waals surface area contributed by atoms with E-state index in [4.69, 9.17) is 5.11 Å². The van der Waals surface area contributed by atoms with E-state index in [1.807, 2.05) is 0 Å². The number of hydrogen-bond donors (Lipinski definition) is 2. The van der Waals surface area contributed by atoms with E-state index in [0.717, 1.165) is 19.4 Å². The lowest BCUT2D eigenvalue weighted by Gasteiger charge is -2.23. The van der Waals surface area contributed by atoms with Gasteiger partial charge in [0.05, 0.1) is 12.6 Å². The normalized spacial score (nSPS) is 20.6. The monoisotopic (exact) mass is 214 g/mol. The van der Waals surface area contributed by atoms with Crippen LogP contribution in [0.15, 0.2) is 0 Å². The predicted octanol–water partition coefficient (Wildman–Crippen LogP) is 0.696. The molecular formula is C10H18N2O3. The van der Waals surface area contributed by atoms with Crippen LogP contribution < -0.4 is 5.32 Å². The Hall–Kier alpha value is -1.10. The molecule has 1 saturated heterocycles. The molecule has 1 rings (SSSR count). The quantitative estimate of drug-likeness (QED) is 0.722. The standard InChI is InChI=1S/C10H18N2O3/c1-7(2)12(10(14)15)6-9(13)8-4-3-5-11-8/h7-8,11H,3-6H2,1-2H3,(H,14,15)/t8-/m1/s1. The van der Waals surface area contributed by atoms with Crippen molar-refractivity contribution in [1.82, 2.24) is 10.2 Å². The largest absolute Gasteiger partial charge is 0.465 e. The Morgan fingerprint density at radius 1 is 1.53 bits per heavy atom. The minimum atomic E-state index is -1.03. The van der Waals surface area contributed by atoms with E-state index in [1.54, 1.807) is 13.8 Å². The van der Waals surface area contributed by atoms with E-state index in [9.17, 15) is 9.59 Å². The van der Waals surface area contributed by atoms with Crippen molar-refractivity contribution in [3.8, 4) is 0 Å². The van der Waals surface area contributed by atoms with Crippen LogP contribution in [-0.2, 0) is 4.79 Å². The first kappa shape index (κ1) is 12.0. The molecule has 86 valence electrons. The molecule has 5 nitrogen and oxygen atoms in total. The van der Waals surface area contributed by atoms with E-state index < -0.39 is 6.09 Å². The zero-order valence-electron chi connectivity index (χ0n) is 9.19. The molecule has 0 saturated carbocycles. The Bertz CT molecular complexity index is 247. The zero-order chi connectivity index (χ0) is 11.4. The Labute approximate surface area is 89.4 Å². The molecular weight excluding hydrogens is 196 g/mol. The molecule has 0 radical (unpaired) electrons. The Morgan fingerprint density at radius 3 is 2.60 bits per heavy atom. The van der Waals surface area contributed by atoms with Gasteiger partial charge in [0.1, 0.15) is 0 Å². The molecule has 0 aromatic carbocycles. The van der Waals surface area contributed by atoms with Gasteiger partial charge in [-0.15, -0.1) is 0 Å². The summed E-state index contributed by atoms with van der Waals surface area (Å²) in [6, 6.07) is -0.307. The van der Waals surface area contributed by atoms with Gasteiger partial charge in [0.2, 0.25) is 0 Å². The number of amides is 1. The number of nitrogens with zero attached hydrogens (tertiary/aromatic N) is 1. The van der Waals surface area contributed by atoms with Crippen LogP contribution >= 0.6 is 0 Å². The van der Waals surface area contributed by atoms with E-state index in [-0.39, 0.29) is 24.4 Å². The maximum atomic E-state index is 11.7. The van der Waals surface area contributed by atoms with Crippen LogP contribution in [0.1, 0.15) is 26.7 Å². The third kappa shape index (κ3) is 3.20. The summed E-state index contributed by atoms with van der Waals surface area (Å²) >= 11 is 0. The molecule has 5 heteroatoms. The van der Waals surface area contributed by atoms with E-state index in [0.29, 0.717) is 0 Å². The fourth-order valence-corrected chi connectivity index (χ4v) is 1.71. The molecule has 1 atom stereocenters. The highest BCUT2D eigenvalue weighted by Gasteiger charge is 2.26. The summed E-state index contributed by atoms with van der Waals surface area (Å²) in [5.74, 6) is -0.0244. The predicted molar refractivity (Wildman–Crippen MR) is 55.9 cm³/mol. The summed E-state index contributed by atoms with van der Waals surface area (Å²) in [7, 11) is 0. The molecule has 0 aromatic rings. The summed E-state index contributed by atoms with van der Waals surface area (Å²) < 4.78 is 0. The molecule has 15 heavy (non-hydrogen) atoms. The van der Waals surface area contributed by atoms with Crippen molar-refractivity contribution in [2.45, 2.75) is 38.8 Å². The molecule has 2 N–H and O–H groups in total. The smallest absolute Gasteiger partial charge is 0.407 e. The van der Waals surface area contributed by atoms with Crippen LogP contribution in [0.3, 0.4) is 0 Å². The minimum absolute atomic E-state index is 0.00926. The number of carbonyl (C=O) groups excluding carboxylic acids is 1. The molecule has 0 aromatic heterocycles. The van der Waals surface area contributed by atoms with Crippen molar-refractivity contribution < 1.29 is 14.7 Å². The molecule has 1 fully saturated rings. The fraction of sp³-hybridized carbons (Fsp3) is 0.800. The lowest BCUT2D eigenvalue weighted by Crippen LogP contribution is -2.44. The average molecular weight is 214 g/mol. The second-order valence-electron chi connectivity index (χ2n) is 4.12. The van der Waals surface area contributed by atoms with Crippen LogP contribution in [0.4, 0.5) is 4.79 Å². The van der Waals surface area contributed by atoms with Crippen molar-refractivity contribution >= 4 is 11.9 Å². The van der Waals surface area contributed by atoms with Crippen LogP contribution in [0, 0.1) is 0 Å². The first-order chi connectivity index (χ1) is 7.02. The summed E-state index contributed by atoms with van der Waals surface area (Å²) in [6.07, 6.45) is 0.784. The van der Waals surface area contributed by atoms with Crippen LogP contribution in [-0.4, -0.2) is 47.1 Å². The zero-order valence-corrected chi connectivity index (χ0v) is 9.19. The third-order valence-corrected chi connectivity index (χ3v) is 2.64. The second kappa shape index (κ2) is 5.11. The van der Waals surface area contributed by atoms with Gasteiger partial charge in [-0.05, 0) is 33.2 Å². The number of rotatable bonds is 4. The van der Waals surface area contributed by atoms with Crippen LogP contribution in [0.2, 0.25) is 0 Å². The summed E-state index contributed by atoms with van der Waals surface area (Å²) in [4.78, 5) is 23.7. The third-order valence-electron chi connectivity index (χ3n) is 2.64.